The lowest BCUT2D eigenvalue weighted by molar-refractivity contribution is 0.0996. The van der Waals surface area contributed by atoms with Gasteiger partial charge < -0.3 is 15.0 Å². The zero-order valence-electron chi connectivity index (χ0n) is 12.4. The number of primary amides is 1. The number of H-pyrrole nitrogens is 1. The number of nitrogens with two attached hydrogens (primary N) is 1. The molecule has 3 rings (SSSR count). The van der Waals surface area contributed by atoms with Gasteiger partial charge in [0.2, 0.25) is 0 Å². The number of thiophene rings is 1. The molecule has 0 fully saturated rings. The highest BCUT2D eigenvalue weighted by Gasteiger charge is 2.18. The molecule has 0 aliphatic heterocycles. The Kier molecular flexibility index (Phi) is 4.13. The summed E-state index contributed by atoms with van der Waals surface area (Å²) in [5, 5.41) is 3.06. The van der Waals surface area contributed by atoms with Crippen LogP contribution in [0.3, 0.4) is 0 Å². The highest BCUT2D eigenvalue weighted by atomic mass is 32.2. The van der Waals surface area contributed by atoms with E-state index in [4.69, 9.17) is 5.73 Å². The number of anilines is 1. The normalized spacial score (nSPS) is 11.2. The van der Waals surface area contributed by atoms with E-state index in [1.165, 1.54) is 4.21 Å². The Bertz CT molecular complexity index is 793. The predicted molar refractivity (Wildman–Crippen MR) is 94.6 cm³/mol. The quantitative estimate of drug-likeness (QED) is 0.687. The molecule has 0 unspecified atom stereocenters. The van der Waals surface area contributed by atoms with E-state index in [-0.39, 0.29) is 0 Å². The van der Waals surface area contributed by atoms with Gasteiger partial charge in [-0.25, -0.2) is 0 Å². The van der Waals surface area contributed by atoms with Crippen LogP contribution in [0.15, 0.2) is 46.0 Å². The average Bonchev–Trinajstić information content (AvgIpc) is 3.13. The van der Waals surface area contributed by atoms with Crippen molar-refractivity contribution in [3.8, 4) is 0 Å². The molecule has 22 heavy (non-hydrogen) atoms. The molecule has 0 aliphatic rings. The second-order valence-corrected chi connectivity index (χ2v) is 7.45. The minimum Gasteiger partial charge on any atom is -0.364 e. The third-order valence-corrected chi connectivity index (χ3v) is 5.59. The number of aromatic nitrogens is 1. The first kappa shape index (κ1) is 15.0. The smallest absolute Gasteiger partial charge is 0.265 e. The third kappa shape index (κ3) is 2.84. The molecule has 114 valence electrons. The van der Waals surface area contributed by atoms with Crippen molar-refractivity contribution in [2.45, 2.75) is 24.1 Å². The van der Waals surface area contributed by atoms with Gasteiger partial charge in [0.25, 0.3) is 5.91 Å². The molecule has 0 saturated carbocycles. The molecule has 0 radical (unpaired) electrons. The molecule has 6 heteroatoms. The first-order valence-electron chi connectivity index (χ1n) is 6.98. The summed E-state index contributed by atoms with van der Waals surface area (Å²) in [7, 11) is 0. The molecule has 1 aromatic carbocycles. The Balaban J connectivity index is 2.07. The van der Waals surface area contributed by atoms with Crippen LogP contribution in [0.5, 0.6) is 0 Å². The Morgan fingerprint density at radius 1 is 1.32 bits per heavy atom. The second-order valence-electron chi connectivity index (χ2n) is 5.23. The van der Waals surface area contributed by atoms with Crippen molar-refractivity contribution in [2.75, 3.05) is 4.31 Å². The number of carbonyl (C=O) groups excluding carboxylic acids is 1. The lowest BCUT2D eigenvalue weighted by Crippen LogP contribution is -2.23. The predicted octanol–water partition coefficient (Wildman–Crippen LogP) is 4.25. The van der Waals surface area contributed by atoms with Crippen LogP contribution in [-0.2, 0) is 0 Å². The van der Waals surface area contributed by atoms with Crippen molar-refractivity contribution in [3.63, 3.8) is 0 Å². The van der Waals surface area contributed by atoms with Crippen molar-refractivity contribution in [2.24, 2.45) is 5.73 Å². The summed E-state index contributed by atoms with van der Waals surface area (Å²) in [5.41, 5.74) is 7.82. The molecular weight excluding hydrogens is 314 g/mol. The van der Waals surface area contributed by atoms with Crippen LogP contribution in [0.2, 0.25) is 0 Å². The van der Waals surface area contributed by atoms with Gasteiger partial charge in [-0.05, 0) is 49.4 Å². The molecule has 4 nitrogen and oxygen atoms in total. The van der Waals surface area contributed by atoms with Gasteiger partial charge in [-0.3, -0.25) is 4.79 Å². The van der Waals surface area contributed by atoms with Crippen LogP contribution < -0.4 is 10.0 Å². The largest absolute Gasteiger partial charge is 0.364 e. The van der Waals surface area contributed by atoms with Gasteiger partial charge in [-0.1, -0.05) is 18.2 Å². The number of fused-ring (bicyclic) bond motifs is 1. The minimum absolute atomic E-state index is 0.304. The number of rotatable bonds is 5. The lowest BCUT2D eigenvalue weighted by Gasteiger charge is -2.27. The number of benzene rings is 1. The zero-order chi connectivity index (χ0) is 15.7. The summed E-state index contributed by atoms with van der Waals surface area (Å²) in [6.45, 7) is 4.30. The molecule has 2 aromatic heterocycles. The van der Waals surface area contributed by atoms with Crippen LogP contribution in [0.1, 0.15) is 24.3 Å². The highest BCUT2D eigenvalue weighted by Crippen LogP contribution is 2.37. The maximum Gasteiger partial charge on any atom is 0.265 e. The van der Waals surface area contributed by atoms with E-state index in [0.717, 1.165) is 16.6 Å². The van der Waals surface area contributed by atoms with Crippen molar-refractivity contribution < 1.29 is 4.79 Å². The number of carbonyl (C=O) groups is 1. The summed E-state index contributed by atoms with van der Waals surface area (Å²) in [6.07, 6.45) is 0. The molecule has 0 atom stereocenters. The van der Waals surface area contributed by atoms with E-state index >= 15 is 0 Å². The maximum absolute atomic E-state index is 11.4. The van der Waals surface area contributed by atoms with E-state index in [0.29, 0.717) is 11.7 Å². The number of aromatic amines is 1. The monoisotopic (exact) mass is 331 g/mol. The summed E-state index contributed by atoms with van der Waals surface area (Å²) in [4.78, 5) is 14.6. The van der Waals surface area contributed by atoms with Gasteiger partial charge >= 0.3 is 0 Å². The van der Waals surface area contributed by atoms with Gasteiger partial charge in [0.1, 0.15) is 5.69 Å². The van der Waals surface area contributed by atoms with E-state index < -0.39 is 5.91 Å². The molecule has 1 amide bonds. The van der Waals surface area contributed by atoms with Crippen molar-refractivity contribution in [3.05, 3.63) is 47.5 Å². The molecular formula is C16H17N3OS2. The number of para-hydroxylation sites is 1. The average molecular weight is 331 g/mol. The highest BCUT2D eigenvalue weighted by molar-refractivity contribution is 8.02. The fourth-order valence-electron chi connectivity index (χ4n) is 2.30. The van der Waals surface area contributed by atoms with Crippen LogP contribution >= 0.6 is 23.3 Å². The number of hydrogen-bond acceptors (Lipinski definition) is 4. The summed E-state index contributed by atoms with van der Waals surface area (Å²) in [6, 6.07) is 12.3. The van der Waals surface area contributed by atoms with Crippen molar-refractivity contribution in [1.29, 1.82) is 0 Å². The summed E-state index contributed by atoms with van der Waals surface area (Å²) >= 11 is 3.42. The number of amides is 1. The van der Waals surface area contributed by atoms with Gasteiger partial charge in [-0.2, -0.15) is 0 Å². The first-order chi connectivity index (χ1) is 10.6. The number of hydrogen-bond donors (Lipinski definition) is 2. The van der Waals surface area contributed by atoms with Crippen LogP contribution in [0.25, 0.3) is 10.9 Å². The van der Waals surface area contributed by atoms with Crippen LogP contribution in [0.4, 0.5) is 5.69 Å². The zero-order valence-corrected chi connectivity index (χ0v) is 14.0. The third-order valence-electron chi connectivity index (χ3n) is 3.29. The molecule has 0 spiro atoms. The summed E-state index contributed by atoms with van der Waals surface area (Å²) in [5.74, 6) is -0.441. The maximum atomic E-state index is 11.4. The fraction of sp³-hybridized carbons (Fsp3) is 0.188. The molecule has 0 bridgehead atoms. The van der Waals surface area contributed by atoms with E-state index in [1.54, 1.807) is 29.4 Å². The standard InChI is InChI=1S/C16H17N3OS2/c1-10(2)19(22-14-7-4-8-21-14)13-6-3-5-11-9-12(16(17)20)18-15(11)13/h3-10,18H,1-2H3,(H2,17,20). The molecule has 0 saturated heterocycles. The van der Waals surface area contributed by atoms with Gasteiger partial charge in [-0.15, -0.1) is 11.3 Å². The molecule has 0 aliphatic carbocycles. The van der Waals surface area contributed by atoms with E-state index in [9.17, 15) is 4.79 Å². The van der Waals surface area contributed by atoms with Gasteiger partial charge in [0.05, 0.1) is 15.4 Å². The van der Waals surface area contributed by atoms with E-state index in [1.807, 2.05) is 18.2 Å². The molecule has 2 heterocycles. The van der Waals surface area contributed by atoms with E-state index in [2.05, 4.69) is 40.6 Å². The van der Waals surface area contributed by atoms with Gasteiger partial charge in [0.15, 0.2) is 0 Å². The van der Waals surface area contributed by atoms with Gasteiger partial charge in [0, 0.05) is 11.4 Å². The Hall–Kier alpha value is -1.92. The molecule has 3 N–H and O–H groups in total. The minimum atomic E-state index is -0.441. The van der Waals surface area contributed by atoms with Crippen LogP contribution in [0, 0.1) is 0 Å². The molecule has 3 aromatic rings. The lowest BCUT2D eigenvalue weighted by atomic mass is 10.2. The Labute approximate surface area is 137 Å². The van der Waals surface area contributed by atoms with Crippen molar-refractivity contribution in [1.82, 2.24) is 4.98 Å². The first-order valence-corrected chi connectivity index (χ1v) is 8.64. The Morgan fingerprint density at radius 2 is 2.14 bits per heavy atom. The fourth-order valence-corrected chi connectivity index (χ4v) is 4.12. The topological polar surface area (TPSA) is 62.1 Å². The SMILES string of the molecule is CC(C)N(Sc1cccs1)c1cccc2cc(C(N)=O)[nH]c12. The number of nitrogens with one attached hydrogen (secondary N) is 1. The Morgan fingerprint density at radius 3 is 2.77 bits per heavy atom. The summed E-state index contributed by atoms with van der Waals surface area (Å²) < 4.78 is 3.47. The van der Waals surface area contributed by atoms with Crippen molar-refractivity contribution >= 4 is 45.8 Å². The second kappa shape index (κ2) is 6.06. The van der Waals surface area contributed by atoms with Crippen LogP contribution in [-0.4, -0.2) is 16.9 Å². The number of nitrogens with zero attached hydrogens (tertiary/aromatic N) is 1.